The normalized spacial score (nSPS) is 52.9. The van der Waals surface area contributed by atoms with Crippen LogP contribution in [0.15, 0.2) is 11.6 Å². The van der Waals surface area contributed by atoms with Crippen LogP contribution in [-0.2, 0) is 9.53 Å². The Bertz CT molecular complexity index is 1180. The molecule has 0 aromatic rings. The van der Waals surface area contributed by atoms with Crippen molar-refractivity contribution in [2.45, 2.75) is 150 Å². The monoisotopic (exact) mass is 616 g/mol. The standard InChI is InChI=1S/C37H60O7/c1-32(2)14-16-37(31(42)43)17-15-35(6)22(23(37)19-32)8-9-27-34(5)12-10-21(33(3,4)26(34)11-13-36(27,35)7)18-24-28(39)30(41)29(40)25(20-38)44-24/h8,21,23-30,38-41H,9-20H2,1-7H3,(H,42,43)/t21-,23?,24-,25?,26?,27?,28?,29+,30?,34+,35-,36-,37+/m1/s1. The summed E-state index contributed by atoms with van der Waals surface area (Å²) in [7, 11) is 0. The Morgan fingerprint density at radius 3 is 2.16 bits per heavy atom. The van der Waals surface area contributed by atoms with Crippen LogP contribution in [0.3, 0.4) is 0 Å². The zero-order valence-electron chi connectivity index (χ0n) is 28.3. The van der Waals surface area contributed by atoms with Crippen molar-refractivity contribution in [3.8, 4) is 0 Å². The van der Waals surface area contributed by atoms with Crippen LogP contribution in [0.5, 0.6) is 0 Å². The van der Waals surface area contributed by atoms with Crippen LogP contribution in [0.4, 0.5) is 0 Å². The lowest BCUT2D eigenvalue weighted by Crippen LogP contribution is -2.65. The van der Waals surface area contributed by atoms with Crippen molar-refractivity contribution in [1.82, 2.24) is 0 Å². The SMILES string of the molecule is CC1(C)CC[C@]2(C(=O)O)CC[C@]3(C)C(=CCC4[C@@]5(C)CC[C@H](C[C@H]6OC(CO)[C@H](O)C(O)C6O)C(C)(C)C5CC[C@]43C)C2C1. The predicted octanol–water partition coefficient (Wildman–Crippen LogP) is 5.72. The summed E-state index contributed by atoms with van der Waals surface area (Å²) < 4.78 is 5.99. The first-order valence-electron chi connectivity index (χ1n) is 17.6. The van der Waals surface area contributed by atoms with Crippen LogP contribution in [0.1, 0.15) is 119 Å². The lowest BCUT2D eigenvalue weighted by Gasteiger charge is -2.71. The molecule has 6 aliphatic rings. The third-order valence-electron chi connectivity index (χ3n) is 15.8. The Kier molecular flexibility index (Phi) is 7.86. The Hall–Kier alpha value is -0.990. The number of ether oxygens (including phenoxy) is 1. The van der Waals surface area contributed by atoms with Crippen LogP contribution < -0.4 is 0 Å². The van der Waals surface area contributed by atoms with Gasteiger partial charge in [-0.05, 0) is 121 Å². The van der Waals surface area contributed by atoms with Crippen LogP contribution in [0, 0.1) is 56.2 Å². The van der Waals surface area contributed by atoms with Crippen LogP contribution in [-0.4, -0.2) is 68.6 Å². The molecule has 1 heterocycles. The molecule has 5 fully saturated rings. The zero-order chi connectivity index (χ0) is 32.3. The van der Waals surface area contributed by atoms with Gasteiger partial charge < -0.3 is 30.3 Å². The summed E-state index contributed by atoms with van der Waals surface area (Å²) in [5.41, 5.74) is 1.24. The molecule has 250 valence electrons. The third-order valence-corrected chi connectivity index (χ3v) is 15.8. The van der Waals surface area contributed by atoms with E-state index in [-0.39, 0.29) is 38.9 Å². The molecule has 5 aliphatic carbocycles. The van der Waals surface area contributed by atoms with Gasteiger partial charge in [-0.3, -0.25) is 4.79 Å². The first-order valence-corrected chi connectivity index (χ1v) is 17.6. The number of rotatable bonds is 4. The van der Waals surface area contributed by atoms with E-state index in [1.54, 1.807) is 0 Å². The molecule has 7 heteroatoms. The van der Waals surface area contributed by atoms with Gasteiger partial charge in [0.05, 0.1) is 18.1 Å². The minimum Gasteiger partial charge on any atom is -0.481 e. The van der Waals surface area contributed by atoms with Gasteiger partial charge in [0.2, 0.25) is 0 Å². The van der Waals surface area contributed by atoms with Crippen molar-refractivity contribution >= 4 is 5.97 Å². The highest BCUT2D eigenvalue weighted by atomic mass is 16.5. The summed E-state index contributed by atoms with van der Waals surface area (Å²) in [6.07, 6.45) is 7.70. The minimum absolute atomic E-state index is 0.00173. The van der Waals surface area contributed by atoms with E-state index in [0.717, 1.165) is 64.2 Å². The first kappa shape index (κ1) is 32.9. The summed E-state index contributed by atoms with van der Waals surface area (Å²) in [6.45, 7) is 16.6. The molecular weight excluding hydrogens is 556 g/mol. The van der Waals surface area contributed by atoms with Crippen LogP contribution >= 0.6 is 0 Å². The van der Waals surface area contributed by atoms with Gasteiger partial charge in [0.1, 0.15) is 24.4 Å². The highest BCUT2D eigenvalue weighted by Gasteiger charge is 2.69. The van der Waals surface area contributed by atoms with Crippen molar-refractivity contribution < 1.29 is 35.1 Å². The Morgan fingerprint density at radius 2 is 1.50 bits per heavy atom. The molecule has 13 atom stereocenters. The van der Waals surface area contributed by atoms with E-state index in [4.69, 9.17) is 4.74 Å². The van der Waals surface area contributed by atoms with E-state index in [1.165, 1.54) is 5.57 Å². The van der Waals surface area contributed by atoms with Gasteiger partial charge in [0, 0.05) is 0 Å². The number of aliphatic hydroxyl groups excluding tert-OH is 4. The second-order valence-electron chi connectivity index (χ2n) is 18.3. The molecule has 4 saturated carbocycles. The average molecular weight is 617 g/mol. The smallest absolute Gasteiger partial charge is 0.310 e. The van der Waals surface area contributed by atoms with Gasteiger partial charge >= 0.3 is 5.97 Å². The van der Waals surface area contributed by atoms with E-state index in [2.05, 4.69) is 54.5 Å². The van der Waals surface area contributed by atoms with Gasteiger partial charge in [0.25, 0.3) is 0 Å². The highest BCUT2D eigenvalue weighted by molar-refractivity contribution is 5.76. The summed E-state index contributed by atoms with van der Waals surface area (Å²) in [4.78, 5) is 12.9. The molecule has 44 heavy (non-hydrogen) atoms. The molecule has 0 aromatic carbocycles. The van der Waals surface area contributed by atoms with Gasteiger partial charge in [-0.15, -0.1) is 0 Å². The van der Waals surface area contributed by atoms with Gasteiger partial charge in [-0.25, -0.2) is 0 Å². The second-order valence-corrected chi connectivity index (χ2v) is 18.3. The predicted molar refractivity (Wildman–Crippen MR) is 169 cm³/mol. The maximum Gasteiger partial charge on any atom is 0.310 e. The Balaban J connectivity index is 1.29. The topological polar surface area (TPSA) is 127 Å². The summed E-state index contributed by atoms with van der Waals surface area (Å²) in [5.74, 6) is 0.835. The van der Waals surface area contributed by atoms with E-state index >= 15 is 0 Å². The van der Waals surface area contributed by atoms with Crippen molar-refractivity contribution in [3.63, 3.8) is 0 Å². The van der Waals surface area contributed by atoms with E-state index in [1.807, 2.05) is 0 Å². The number of aliphatic carboxylic acids is 1. The molecule has 0 radical (unpaired) electrons. The fraction of sp³-hybridized carbons (Fsp3) is 0.919. The molecular formula is C37H60O7. The molecule has 6 rings (SSSR count). The number of aliphatic hydroxyl groups is 4. The molecule has 0 amide bonds. The molecule has 7 nitrogen and oxygen atoms in total. The number of allylic oxidation sites excluding steroid dienone is 2. The Morgan fingerprint density at radius 1 is 0.841 bits per heavy atom. The number of carboxylic acids is 1. The number of hydrogen-bond acceptors (Lipinski definition) is 6. The highest BCUT2D eigenvalue weighted by Crippen LogP contribution is 2.76. The zero-order valence-corrected chi connectivity index (χ0v) is 28.3. The average Bonchev–Trinajstić information content (AvgIpc) is 2.94. The second kappa shape index (κ2) is 10.5. The summed E-state index contributed by atoms with van der Waals surface area (Å²) in [6, 6.07) is 0. The first-order chi connectivity index (χ1) is 20.4. The van der Waals surface area contributed by atoms with Gasteiger partial charge in [0.15, 0.2) is 0 Å². The molecule has 1 aliphatic heterocycles. The van der Waals surface area contributed by atoms with Gasteiger partial charge in [-0.2, -0.15) is 0 Å². The van der Waals surface area contributed by atoms with E-state index in [9.17, 15) is 30.3 Å². The quantitative estimate of drug-likeness (QED) is 0.256. The molecule has 0 aromatic heterocycles. The number of carboxylic acid groups (broad SMARTS) is 1. The van der Waals surface area contributed by atoms with Crippen molar-refractivity contribution in [2.24, 2.45) is 56.2 Å². The maximum atomic E-state index is 12.9. The number of fused-ring (bicyclic) bond motifs is 7. The fourth-order valence-corrected chi connectivity index (χ4v) is 12.8. The molecule has 0 bridgehead atoms. The van der Waals surface area contributed by atoms with E-state index in [0.29, 0.717) is 18.3 Å². The number of carbonyl (C=O) groups is 1. The summed E-state index contributed by atoms with van der Waals surface area (Å²) in [5, 5.41) is 52.0. The van der Waals surface area contributed by atoms with Crippen molar-refractivity contribution in [3.05, 3.63) is 11.6 Å². The van der Waals surface area contributed by atoms with Gasteiger partial charge in [-0.1, -0.05) is 60.1 Å². The number of hydrogen-bond donors (Lipinski definition) is 5. The van der Waals surface area contributed by atoms with E-state index < -0.39 is 48.5 Å². The van der Waals surface area contributed by atoms with Crippen molar-refractivity contribution in [2.75, 3.05) is 6.61 Å². The minimum atomic E-state index is -1.33. The largest absolute Gasteiger partial charge is 0.481 e. The van der Waals surface area contributed by atoms with Crippen LogP contribution in [0.25, 0.3) is 0 Å². The lowest BCUT2D eigenvalue weighted by molar-refractivity contribution is -0.241. The van der Waals surface area contributed by atoms with Crippen LogP contribution in [0.2, 0.25) is 0 Å². The maximum absolute atomic E-state index is 12.9. The Labute approximate surface area is 264 Å². The third kappa shape index (κ3) is 4.41. The lowest BCUT2D eigenvalue weighted by atomic mass is 9.33. The molecule has 5 N–H and O–H groups in total. The molecule has 1 saturated heterocycles. The molecule has 0 spiro atoms. The fourth-order valence-electron chi connectivity index (χ4n) is 12.8. The molecule has 6 unspecified atom stereocenters. The summed E-state index contributed by atoms with van der Waals surface area (Å²) >= 11 is 0. The van der Waals surface area contributed by atoms with Crippen molar-refractivity contribution in [1.29, 1.82) is 0 Å².